The molecule has 0 atom stereocenters. The zero-order chi connectivity index (χ0) is 12.3. The van der Waals surface area contributed by atoms with Gasteiger partial charge in [-0.05, 0) is 30.7 Å². The Morgan fingerprint density at radius 1 is 1.41 bits per heavy atom. The van der Waals surface area contributed by atoms with Crippen molar-refractivity contribution >= 4 is 11.9 Å². The number of ketones is 1. The topological polar surface area (TPSA) is 78.6 Å². The Labute approximate surface area is 97.2 Å². The number of nitrogens with zero attached hydrogens (tertiary/aromatic N) is 1. The number of rotatable bonds is 3. The average molecular weight is 229 g/mol. The van der Waals surface area contributed by atoms with Gasteiger partial charge in [0.05, 0.1) is 0 Å². The van der Waals surface area contributed by atoms with Crippen LogP contribution in [0, 0.1) is 6.92 Å². The summed E-state index contributed by atoms with van der Waals surface area (Å²) in [5.74, 6) is -0.246. The van der Waals surface area contributed by atoms with Gasteiger partial charge in [0.15, 0.2) is 0 Å². The first-order chi connectivity index (χ1) is 8.16. The van der Waals surface area contributed by atoms with Gasteiger partial charge in [-0.15, -0.1) is 0 Å². The molecule has 0 aliphatic heterocycles. The van der Waals surface area contributed by atoms with Gasteiger partial charge in [0, 0.05) is 18.1 Å². The van der Waals surface area contributed by atoms with E-state index in [1.54, 1.807) is 31.5 Å². The van der Waals surface area contributed by atoms with Gasteiger partial charge >= 0.3 is 5.69 Å². The highest BCUT2D eigenvalue weighted by Gasteiger charge is 2.08. The number of carbonyl (C=O) groups excluding carboxylic acids is 1. The SMILES string of the molecule is Cc1[nH]c(=O)[nH]c1C(=O)C=Cc1cccnc1. The van der Waals surface area contributed by atoms with Crippen molar-refractivity contribution < 1.29 is 4.79 Å². The first-order valence-electron chi connectivity index (χ1n) is 5.08. The van der Waals surface area contributed by atoms with Crippen LogP contribution in [0.2, 0.25) is 0 Å². The third-order valence-corrected chi connectivity index (χ3v) is 2.27. The summed E-state index contributed by atoms with van der Waals surface area (Å²) in [7, 11) is 0. The van der Waals surface area contributed by atoms with Crippen molar-refractivity contribution in [2.24, 2.45) is 0 Å². The number of hydrogen-bond donors (Lipinski definition) is 2. The van der Waals surface area contributed by atoms with Crippen LogP contribution in [0.5, 0.6) is 0 Å². The van der Waals surface area contributed by atoms with Gasteiger partial charge in [-0.3, -0.25) is 9.78 Å². The van der Waals surface area contributed by atoms with Crippen LogP contribution in [-0.4, -0.2) is 20.7 Å². The Kier molecular flexibility index (Phi) is 3.00. The van der Waals surface area contributed by atoms with Crippen LogP contribution in [0.3, 0.4) is 0 Å². The smallest absolute Gasteiger partial charge is 0.310 e. The molecule has 5 nitrogen and oxygen atoms in total. The highest BCUT2D eigenvalue weighted by atomic mass is 16.1. The van der Waals surface area contributed by atoms with E-state index in [9.17, 15) is 9.59 Å². The number of aromatic nitrogens is 3. The molecule has 86 valence electrons. The second-order valence-corrected chi connectivity index (χ2v) is 3.56. The molecular weight excluding hydrogens is 218 g/mol. The summed E-state index contributed by atoms with van der Waals surface area (Å²) in [4.78, 5) is 31.6. The molecule has 2 heterocycles. The summed E-state index contributed by atoms with van der Waals surface area (Å²) in [6, 6.07) is 3.62. The second kappa shape index (κ2) is 4.61. The minimum absolute atomic E-state index is 0.246. The molecule has 0 amide bonds. The van der Waals surface area contributed by atoms with Crippen molar-refractivity contribution in [2.45, 2.75) is 6.92 Å². The Balaban J connectivity index is 2.20. The van der Waals surface area contributed by atoms with Gasteiger partial charge in [0.2, 0.25) is 5.78 Å². The maximum atomic E-state index is 11.8. The number of H-pyrrole nitrogens is 2. The average Bonchev–Trinajstić information content (AvgIpc) is 2.67. The molecule has 2 aromatic heterocycles. The maximum absolute atomic E-state index is 11.8. The molecule has 5 heteroatoms. The third kappa shape index (κ3) is 2.57. The second-order valence-electron chi connectivity index (χ2n) is 3.56. The summed E-state index contributed by atoms with van der Waals surface area (Å²) >= 11 is 0. The van der Waals surface area contributed by atoms with Crippen molar-refractivity contribution in [1.82, 2.24) is 15.0 Å². The fraction of sp³-hybridized carbons (Fsp3) is 0.0833. The molecule has 0 aliphatic rings. The van der Waals surface area contributed by atoms with E-state index in [1.165, 1.54) is 6.08 Å². The Morgan fingerprint density at radius 3 is 2.82 bits per heavy atom. The van der Waals surface area contributed by atoms with Gasteiger partial charge in [0.1, 0.15) is 5.69 Å². The predicted molar refractivity (Wildman–Crippen MR) is 63.8 cm³/mol. The van der Waals surface area contributed by atoms with Gasteiger partial charge < -0.3 is 9.97 Å². The highest BCUT2D eigenvalue weighted by molar-refractivity contribution is 6.06. The molecule has 2 aromatic rings. The van der Waals surface area contributed by atoms with Gasteiger partial charge in [-0.2, -0.15) is 0 Å². The minimum Gasteiger partial charge on any atom is -0.310 e. The fourth-order valence-corrected chi connectivity index (χ4v) is 1.45. The summed E-state index contributed by atoms with van der Waals surface area (Å²) < 4.78 is 0. The number of hydrogen-bond acceptors (Lipinski definition) is 3. The van der Waals surface area contributed by atoms with Crippen molar-refractivity contribution in [3.8, 4) is 0 Å². The summed E-state index contributed by atoms with van der Waals surface area (Å²) in [5, 5.41) is 0. The van der Waals surface area contributed by atoms with Crippen LogP contribution in [0.4, 0.5) is 0 Å². The molecule has 0 bridgehead atoms. The van der Waals surface area contributed by atoms with Crippen molar-refractivity contribution in [2.75, 3.05) is 0 Å². The number of carbonyl (C=O) groups is 1. The molecular formula is C12H11N3O2. The fourth-order valence-electron chi connectivity index (χ4n) is 1.45. The lowest BCUT2D eigenvalue weighted by atomic mass is 10.2. The molecule has 2 N–H and O–H groups in total. The molecule has 0 aromatic carbocycles. The van der Waals surface area contributed by atoms with E-state index in [0.717, 1.165) is 5.56 Å². The van der Waals surface area contributed by atoms with Crippen molar-refractivity contribution in [3.63, 3.8) is 0 Å². The summed E-state index contributed by atoms with van der Waals surface area (Å²) in [6.07, 6.45) is 6.37. The number of aromatic amines is 2. The number of pyridine rings is 1. The maximum Gasteiger partial charge on any atom is 0.323 e. The Bertz CT molecular complexity index is 608. The first-order valence-corrected chi connectivity index (χ1v) is 5.08. The monoisotopic (exact) mass is 229 g/mol. The third-order valence-electron chi connectivity index (χ3n) is 2.27. The quantitative estimate of drug-likeness (QED) is 0.615. The molecule has 0 saturated heterocycles. The number of allylic oxidation sites excluding steroid dienone is 1. The summed E-state index contributed by atoms with van der Waals surface area (Å²) in [5.41, 5.74) is 1.28. The van der Waals surface area contributed by atoms with E-state index in [0.29, 0.717) is 5.69 Å². The predicted octanol–water partition coefficient (Wildman–Crippen LogP) is 1.30. The molecule has 0 fully saturated rings. The van der Waals surface area contributed by atoms with Crippen molar-refractivity contribution in [3.05, 3.63) is 58.0 Å². The van der Waals surface area contributed by atoms with Gasteiger partial charge in [-0.1, -0.05) is 6.07 Å². The first kappa shape index (κ1) is 11.1. The van der Waals surface area contributed by atoms with Crippen LogP contribution in [0.25, 0.3) is 6.08 Å². The van der Waals surface area contributed by atoms with Crippen LogP contribution < -0.4 is 5.69 Å². The standard InChI is InChI=1S/C12H11N3O2/c1-8-11(15-12(17)14-8)10(16)5-4-9-3-2-6-13-7-9/h2-7H,1H3,(H2,14,15,17). The van der Waals surface area contributed by atoms with Crippen LogP contribution in [-0.2, 0) is 0 Å². The van der Waals surface area contributed by atoms with Crippen molar-refractivity contribution in [1.29, 1.82) is 0 Å². The van der Waals surface area contributed by atoms with E-state index in [-0.39, 0.29) is 17.2 Å². The molecule has 17 heavy (non-hydrogen) atoms. The summed E-state index contributed by atoms with van der Waals surface area (Å²) in [6.45, 7) is 1.67. The number of aryl methyl sites for hydroxylation is 1. The molecule has 0 spiro atoms. The molecule has 0 aliphatic carbocycles. The lowest BCUT2D eigenvalue weighted by molar-refractivity contribution is 0.104. The molecule has 0 saturated carbocycles. The lowest BCUT2D eigenvalue weighted by Crippen LogP contribution is -2.03. The zero-order valence-electron chi connectivity index (χ0n) is 9.23. The zero-order valence-corrected chi connectivity index (χ0v) is 9.23. The van der Waals surface area contributed by atoms with E-state index in [2.05, 4.69) is 15.0 Å². The van der Waals surface area contributed by atoms with E-state index >= 15 is 0 Å². The Morgan fingerprint density at radius 2 is 2.24 bits per heavy atom. The Hall–Kier alpha value is -2.43. The van der Waals surface area contributed by atoms with Gasteiger partial charge in [-0.25, -0.2) is 4.79 Å². The molecule has 0 unspecified atom stereocenters. The van der Waals surface area contributed by atoms with E-state index in [4.69, 9.17) is 0 Å². The number of nitrogens with one attached hydrogen (secondary N) is 2. The van der Waals surface area contributed by atoms with E-state index < -0.39 is 0 Å². The van der Waals surface area contributed by atoms with Crippen LogP contribution in [0.1, 0.15) is 21.7 Å². The van der Waals surface area contributed by atoms with Gasteiger partial charge in [0.25, 0.3) is 0 Å². The largest absolute Gasteiger partial charge is 0.323 e. The molecule has 0 radical (unpaired) electrons. The van der Waals surface area contributed by atoms with Crippen LogP contribution >= 0.6 is 0 Å². The number of imidazole rings is 1. The highest BCUT2D eigenvalue weighted by Crippen LogP contribution is 2.04. The minimum atomic E-state index is -0.374. The van der Waals surface area contributed by atoms with E-state index in [1.807, 2.05) is 6.07 Å². The van der Waals surface area contributed by atoms with Crippen LogP contribution in [0.15, 0.2) is 35.4 Å². The molecule has 2 rings (SSSR count). The normalized spacial score (nSPS) is 10.9. The lowest BCUT2D eigenvalue weighted by Gasteiger charge is -1.93.